The second-order valence-corrected chi connectivity index (χ2v) is 21.2. The molecule has 71 heavy (non-hydrogen) atoms. The van der Waals surface area contributed by atoms with Gasteiger partial charge in [0.1, 0.15) is 23.7 Å². The zero-order valence-corrected chi connectivity index (χ0v) is 42.0. The van der Waals surface area contributed by atoms with Crippen LogP contribution in [-0.4, -0.2) is 114 Å². The number of benzene rings is 2. The predicted molar refractivity (Wildman–Crippen MR) is 271 cm³/mol. The highest BCUT2D eigenvalue weighted by atomic mass is 32.1. The topological polar surface area (TPSA) is 165 Å². The number of carbonyl (C=O) groups is 4. The van der Waals surface area contributed by atoms with Crippen LogP contribution in [0.5, 0.6) is 5.75 Å². The standard InChI is InChI=1S/C54H62FN7O8S/c1-29(2)45-13-14-46(71-45)52-62-40-12-11-32(35-23-38(56-27-35)42-10-8-18-61(42)51(64)49(59-54(66)68-6)31-15-19-69-20-16-31)21-34(40)25-43(62)47-37(55)22-33(26-44(47)70-52)36-24-39(57-28-36)41-9-7-17-60(41)50(63)48(30(3)4)58-53(65)67-5/h11-14,21-22,25-31,41-42,48-49,52H,7-10,15-20,23-24H2,1-6H3,(H,58,65)(H,59,66)/t41-,42-,48-,49-,52?/m0/s1. The molecule has 0 aliphatic carbocycles. The first kappa shape index (κ1) is 48.3. The molecule has 0 radical (unpaired) electrons. The minimum absolute atomic E-state index is 0.0514. The molecule has 4 aromatic rings. The van der Waals surface area contributed by atoms with Gasteiger partial charge in [0.15, 0.2) is 0 Å². The lowest BCUT2D eigenvalue weighted by molar-refractivity contribution is -0.135. The Balaban J connectivity index is 0.906. The Bertz CT molecular complexity index is 2890. The lowest BCUT2D eigenvalue weighted by atomic mass is 9.90. The molecule has 5 atom stereocenters. The van der Waals surface area contributed by atoms with E-state index in [0.717, 1.165) is 69.6 Å². The molecule has 0 spiro atoms. The SMILES string of the molecule is COC(=O)N[C@H](C(=O)N1CCC[C@H]1C1=NC=C(c2cc(F)c3c(c2)OC(c2ccc(C(C)C)s2)n2c-3cc3cc(C4=CN=C([C@@H]5CCCN5C(=O)[C@@H](NC(=O)OC)C5CCOCC5)C4)ccc32)C1)C(C)C. The zero-order chi connectivity index (χ0) is 49.7. The van der Waals surface area contributed by atoms with Gasteiger partial charge in [-0.05, 0) is 121 Å². The van der Waals surface area contributed by atoms with Crippen molar-refractivity contribution in [1.82, 2.24) is 25.0 Å². The van der Waals surface area contributed by atoms with E-state index in [9.17, 15) is 19.2 Å². The number of thiophene rings is 1. The molecule has 3 fully saturated rings. The van der Waals surface area contributed by atoms with Crippen molar-refractivity contribution in [3.05, 3.63) is 87.6 Å². The molecule has 374 valence electrons. The number of likely N-dealkylation sites (tertiary alicyclic amines) is 2. The molecule has 17 heteroatoms. The maximum absolute atomic E-state index is 17.0. The van der Waals surface area contributed by atoms with Gasteiger partial charge in [0.05, 0.1) is 48.0 Å². The summed E-state index contributed by atoms with van der Waals surface area (Å²) in [6.07, 6.45) is 7.37. The largest absolute Gasteiger partial charge is 0.464 e. The molecule has 0 bridgehead atoms. The molecule has 3 saturated heterocycles. The van der Waals surface area contributed by atoms with Crippen LogP contribution in [-0.2, 0) is 23.8 Å². The molecule has 6 aliphatic heterocycles. The van der Waals surface area contributed by atoms with Gasteiger partial charge < -0.3 is 39.4 Å². The highest BCUT2D eigenvalue weighted by molar-refractivity contribution is 7.12. The lowest BCUT2D eigenvalue weighted by Crippen LogP contribution is -2.55. The first-order chi connectivity index (χ1) is 34.3. The normalized spacial score (nSPS) is 21.8. The minimum atomic E-state index is -0.742. The number of fused-ring (bicyclic) bond motifs is 5. The summed E-state index contributed by atoms with van der Waals surface area (Å²) < 4.78 is 41.3. The van der Waals surface area contributed by atoms with Crippen LogP contribution in [0, 0.1) is 17.7 Å². The quantitative estimate of drug-likeness (QED) is 0.142. The molecule has 2 aromatic carbocycles. The number of aliphatic imine (C=N–C) groups is 2. The molecule has 15 nitrogen and oxygen atoms in total. The number of amides is 4. The number of ether oxygens (including phenoxy) is 4. The van der Waals surface area contributed by atoms with Crippen molar-refractivity contribution < 1.29 is 42.5 Å². The van der Waals surface area contributed by atoms with Gasteiger partial charge in [0, 0.05) is 73.2 Å². The highest BCUT2D eigenvalue weighted by Gasteiger charge is 2.42. The van der Waals surface area contributed by atoms with Gasteiger partial charge in [-0.3, -0.25) is 24.1 Å². The van der Waals surface area contributed by atoms with E-state index >= 15 is 4.39 Å². The molecule has 0 saturated carbocycles. The summed E-state index contributed by atoms with van der Waals surface area (Å²) in [6, 6.07) is 14.2. The monoisotopic (exact) mass is 987 g/mol. The van der Waals surface area contributed by atoms with Crippen LogP contribution in [0.3, 0.4) is 0 Å². The second-order valence-electron chi connectivity index (χ2n) is 20.1. The Labute approximate surface area is 417 Å². The first-order valence-electron chi connectivity index (χ1n) is 25.0. The van der Waals surface area contributed by atoms with E-state index in [1.807, 2.05) is 42.0 Å². The van der Waals surface area contributed by atoms with Gasteiger partial charge in [-0.1, -0.05) is 33.8 Å². The number of halogens is 1. The number of rotatable bonds is 12. The van der Waals surface area contributed by atoms with E-state index in [1.165, 1.54) is 19.1 Å². The molecule has 10 rings (SSSR count). The summed E-state index contributed by atoms with van der Waals surface area (Å²) in [7, 11) is 2.59. The molecule has 2 N–H and O–H groups in total. The Morgan fingerprint density at radius 2 is 1.42 bits per heavy atom. The number of aromatic nitrogens is 1. The van der Waals surface area contributed by atoms with Crippen LogP contribution in [0.15, 0.2) is 70.9 Å². The van der Waals surface area contributed by atoms with Crippen LogP contribution in [0.2, 0.25) is 0 Å². The van der Waals surface area contributed by atoms with E-state index in [4.69, 9.17) is 28.9 Å². The number of nitrogens with one attached hydrogen (secondary N) is 2. The van der Waals surface area contributed by atoms with Gasteiger partial charge in [-0.25, -0.2) is 14.0 Å². The number of allylic oxidation sites excluding steroid dienone is 2. The second kappa shape index (κ2) is 20.1. The van der Waals surface area contributed by atoms with Gasteiger partial charge in [-0.2, -0.15) is 0 Å². The molecule has 8 heterocycles. The van der Waals surface area contributed by atoms with Crippen LogP contribution in [0.4, 0.5) is 14.0 Å². The fraction of sp³-hybridized carbons (Fsp3) is 0.481. The lowest BCUT2D eigenvalue weighted by Gasteiger charge is -2.34. The Morgan fingerprint density at radius 1 is 0.775 bits per heavy atom. The number of methoxy groups -OCH3 is 2. The van der Waals surface area contributed by atoms with Crippen molar-refractivity contribution in [2.45, 2.75) is 115 Å². The number of hydrogen-bond acceptors (Lipinski definition) is 11. The smallest absolute Gasteiger partial charge is 0.407 e. The highest BCUT2D eigenvalue weighted by Crippen LogP contribution is 2.49. The maximum Gasteiger partial charge on any atom is 0.407 e. The summed E-state index contributed by atoms with van der Waals surface area (Å²) in [5, 5.41) is 6.48. The summed E-state index contributed by atoms with van der Waals surface area (Å²) in [6.45, 7) is 10.3. The number of alkyl carbamates (subject to hydrolysis) is 2. The van der Waals surface area contributed by atoms with E-state index < -0.39 is 36.3 Å². The fourth-order valence-corrected chi connectivity index (χ4v) is 12.3. The molecule has 2 aromatic heterocycles. The Kier molecular flexibility index (Phi) is 13.6. The Morgan fingerprint density at radius 3 is 2.06 bits per heavy atom. The van der Waals surface area contributed by atoms with Crippen molar-refractivity contribution in [1.29, 1.82) is 0 Å². The maximum atomic E-state index is 17.0. The third-order valence-corrected chi connectivity index (χ3v) is 16.5. The molecule has 1 unspecified atom stereocenters. The summed E-state index contributed by atoms with van der Waals surface area (Å²) in [5.74, 6) is -0.147. The average Bonchev–Trinajstić information content (AvgIpc) is 4.24. The average molecular weight is 988 g/mol. The Hall–Kier alpha value is -6.33. The first-order valence-corrected chi connectivity index (χ1v) is 25.8. The van der Waals surface area contributed by atoms with Crippen molar-refractivity contribution >= 4 is 68.8 Å². The van der Waals surface area contributed by atoms with E-state index in [2.05, 4.69) is 59.4 Å². The fourth-order valence-electron chi connectivity index (χ4n) is 11.2. The van der Waals surface area contributed by atoms with Crippen LogP contribution < -0.4 is 15.4 Å². The summed E-state index contributed by atoms with van der Waals surface area (Å²) in [4.78, 5) is 68.4. The van der Waals surface area contributed by atoms with Gasteiger partial charge in [0.2, 0.25) is 18.0 Å². The third-order valence-electron chi connectivity index (χ3n) is 15.0. The minimum Gasteiger partial charge on any atom is -0.464 e. The van der Waals surface area contributed by atoms with Gasteiger partial charge in [-0.15, -0.1) is 11.3 Å². The predicted octanol–water partition coefficient (Wildman–Crippen LogP) is 9.46. The molecular weight excluding hydrogens is 926 g/mol. The summed E-state index contributed by atoms with van der Waals surface area (Å²) >= 11 is 1.69. The van der Waals surface area contributed by atoms with Crippen molar-refractivity contribution in [3.63, 3.8) is 0 Å². The van der Waals surface area contributed by atoms with E-state index in [0.29, 0.717) is 80.5 Å². The van der Waals surface area contributed by atoms with Gasteiger partial charge in [0.25, 0.3) is 0 Å². The number of carbonyl (C=O) groups excluding carboxylic acids is 4. The van der Waals surface area contributed by atoms with Crippen molar-refractivity contribution in [2.24, 2.45) is 21.8 Å². The van der Waals surface area contributed by atoms with Gasteiger partial charge >= 0.3 is 12.2 Å². The molecule has 4 amide bonds. The summed E-state index contributed by atoms with van der Waals surface area (Å²) in [5.41, 5.74) is 7.24. The van der Waals surface area contributed by atoms with Crippen molar-refractivity contribution in [3.8, 4) is 17.0 Å². The van der Waals surface area contributed by atoms with Crippen LogP contribution in [0.1, 0.15) is 112 Å². The van der Waals surface area contributed by atoms with Crippen molar-refractivity contribution in [2.75, 3.05) is 40.5 Å². The van der Waals surface area contributed by atoms with Crippen LogP contribution >= 0.6 is 11.3 Å². The molecular formula is C54H62FN7O8S. The number of nitrogens with zero attached hydrogens (tertiary/aromatic N) is 5. The van der Waals surface area contributed by atoms with E-state index in [1.54, 1.807) is 23.6 Å². The van der Waals surface area contributed by atoms with E-state index in [-0.39, 0.29) is 35.7 Å². The number of hydrogen-bond donors (Lipinski definition) is 2. The third kappa shape index (κ3) is 9.26. The van der Waals surface area contributed by atoms with Crippen LogP contribution in [0.25, 0.3) is 33.3 Å². The zero-order valence-electron chi connectivity index (χ0n) is 41.2. The molecule has 6 aliphatic rings.